The molecule has 0 radical (unpaired) electrons. The molecule has 0 aliphatic heterocycles. The molecule has 43 heavy (non-hydrogen) atoms. The Morgan fingerprint density at radius 1 is 1.00 bits per heavy atom. The molecule has 3 aromatic heterocycles. The summed E-state index contributed by atoms with van der Waals surface area (Å²) in [7, 11) is 0.501. The number of aromatic nitrogens is 5. The second kappa shape index (κ2) is 11.5. The molecule has 0 fully saturated rings. The van der Waals surface area contributed by atoms with Crippen LogP contribution in [-0.2, 0) is 15.1 Å². The monoisotopic (exact) mass is 615 g/mol. The van der Waals surface area contributed by atoms with Crippen molar-refractivity contribution in [1.82, 2.24) is 24.3 Å². The zero-order valence-corrected chi connectivity index (χ0v) is 25.0. The average molecular weight is 616 g/mol. The van der Waals surface area contributed by atoms with Gasteiger partial charge in [0.2, 0.25) is 0 Å². The molecular weight excluding hydrogens is 590 g/mol. The number of pyridine rings is 1. The van der Waals surface area contributed by atoms with Crippen LogP contribution < -0.4 is 16.0 Å². The molecule has 1 unspecified atom stereocenters. The second-order valence-electron chi connectivity index (χ2n) is 9.58. The molecule has 0 saturated heterocycles. The number of thiol groups is 1. The number of hydrogen-bond acceptors (Lipinski definition) is 9. The lowest BCUT2D eigenvalue weighted by Gasteiger charge is -2.21. The van der Waals surface area contributed by atoms with Gasteiger partial charge in [0.15, 0.2) is 16.5 Å². The van der Waals surface area contributed by atoms with Crippen molar-refractivity contribution in [3.8, 4) is 22.7 Å². The van der Waals surface area contributed by atoms with Crippen molar-refractivity contribution < 1.29 is 13.1 Å². The Balaban J connectivity index is 1.62. The summed E-state index contributed by atoms with van der Waals surface area (Å²) in [6, 6.07) is 21.3. The molecule has 0 aliphatic carbocycles. The first-order valence-electron chi connectivity index (χ1n) is 13.1. The minimum atomic E-state index is -2.30. The number of nitrogens with two attached hydrogens (primary N) is 1. The van der Waals surface area contributed by atoms with E-state index in [1.165, 1.54) is 20.5 Å². The smallest absolute Gasteiger partial charge is 0.264 e. The van der Waals surface area contributed by atoms with E-state index in [2.05, 4.69) is 14.3 Å². The fourth-order valence-electron chi connectivity index (χ4n) is 5.13. The summed E-state index contributed by atoms with van der Waals surface area (Å²) < 4.78 is 29.9. The molecule has 2 atom stereocenters. The summed E-state index contributed by atoms with van der Waals surface area (Å²) >= 11 is 6.51. The highest BCUT2D eigenvalue weighted by atomic mass is 35.5. The zero-order valence-electron chi connectivity index (χ0n) is 23.3. The van der Waals surface area contributed by atoms with Gasteiger partial charge < -0.3 is 10.5 Å². The van der Waals surface area contributed by atoms with Crippen molar-refractivity contribution in [1.29, 1.82) is 0 Å². The van der Waals surface area contributed by atoms with E-state index in [1.807, 2.05) is 55.5 Å². The number of para-hydroxylation sites is 1. The number of fused-ring (bicyclic) bond motifs is 2. The van der Waals surface area contributed by atoms with Gasteiger partial charge in [-0.25, -0.2) is 18.9 Å². The molecule has 11 nitrogen and oxygen atoms in total. The summed E-state index contributed by atoms with van der Waals surface area (Å²) in [4.78, 5) is 22.8. The van der Waals surface area contributed by atoms with Crippen molar-refractivity contribution in [2.24, 2.45) is 4.36 Å². The van der Waals surface area contributed by atoms with E-state index in [1.54, 1.807) is 33.5 Å². The van der Waals surface area contributed by atoms with Crippen LogP contribution in [0, 0.1) is 0 Å². The Morgan fingerprint density at radius 3 is 2.53 bits per heavy atom. The Bertz CT molecular complexity index is 2160. The van der Waals surface area contributed by atoms with Crippen molar-refractivity contribution >= 4 is 55.8 Å². The molecule has 0 amide bonds. The van der Waals surface area contributed by atoms with Crippen LogP contribution in [0.4, 0.5) is 11.5 Å². The van der Waals surface area contributed by atoms with Gasteiger partial charge in [-0.05, 0) is 54.8 Å². The van der Waals surface area contributed by atoms with Crippen molar-refractivity contribution in [2.75, 3.05) is 20.0 Å². The van der Waals surface area contributed by atoms with Crippen LogP contribution in [0.15, 0.2) is 88.3 Å². The summed E-state index contributed by atoms with van der Waals surface area (Å²) in [5.74, 6) is 0.633. The SMILES string of the molecule is COc1ccc(-c2nn([C@H](C)c3cc4cccc(Cl)c4c(=O)n3-c3ccccc3)c3ncnc(N)c23)cc1N=[SH](=O)OC. The first-order valence-corrected chi connectivity index (χ1v) is 14.6. The summed E-state index contributed by atoms with van der Waals surface area (Å²) in [6.45, 7) is 1.93. The molecule has 0 aliphatic rings. The normalized spacial score (nSPS) is 13.0. The third kappa shape index (κ3) is 4.99. The van der Waals surface area contributed by atoms with Gasteiger partial charge in [-0.2, -0.15) is 9.46 Å². The van der Waals surface area contributed by atoms with E-state index >= 15 is 0 Å². The third-order valence-corrected chi connectivity index (χ3v) is 8.16. The standard InChI is InChI=1S/C30H26ClN7O4S/c1-17(23-15-18-8-7-11-21(31)25(18)30(39)37(23)20-9-5-4-6-10-20)38-29-26(28(32)33-16-34-29)27(35-38)19-12-13-24(41-2)22(14-19)36-43(40)42-3/h4-17,43H,1-3H3,(H2,32,33,34)/t17-/m1/s1. The van der Waals surface area contributed by atoms with Crippen LogP contribution in [-0.4, -0.2) is 42.7 Å². The van der Waals surface area contributed by atoms with Gasteiger partial charge >= 0.3 is 0 Å². The van der Waals surface area contributed by atoms with Crippen LogP contribution in [0.3, 0.4) is 0 Å². The number of methoxy groups -OCH3 is 1. The Labute approximate surface area is 252 Å². The largest absolute Gasteiger partial charge is 0.494 e. The van der Waals surface area contributed by atoms with E-state index in [0.29, 0.717) is 60.9 Å². The number of anilines is 1. The number of nitrogen functional groups attached to an aromatic ring is 1. The van der Waals surface area contributed by atoms with E-state index in [-0.39, 0.29) is 11.4 Å². The first kappa shape index (κ1) is 28.3. The van der Waals surface area contributed by atoms with Crippen LogP contribution in [0.1, 0.15) is 18.7 Å². The van der Waals surface area contributed by atoms with E-state index in [9.17, 15) is 9.00 Å². The molecule has 6 rings (SSSR count). The van der Waals surface area contributed by atoms with E-state index in [4.69, 9.17) is 31.4 Å². The lowest BCUT2D eigenvalue weighted by molar-refractivity contribution is 0.415. The molecule has 3 aromatic carbocycles. The lowest BCUT2D eigenvalue weighted by Crippen LogP contribution is -2.26. The number of ether oxygens (including phenoxy) is 1. The molecule has 0 saturated carbocycles. The highest BCUT2D eigenvalue weighted by molar-refractivity contribution is 7.69. The minimum Gasteiger partial charge on any atom is -0.494 e. The Kier molecular flexibility index (Phi) is 7.57. The maximum atomic E-state index is 14.0. The first-order chi connectivity index (χ1) is 20.8. The highest BCUT2D eigenvalue weighted by Crippen LogP contribution is 2.38. The maximum Gasteiger partial charge on any atom is 0.264 e. The molecule has 218 valence electrons. The van der Waals surface area contributed by atoms with Gasteiger partial charge in [-0.3, -0.25) is 13.5 Å². The second-order valence-corrected chi connectivity index (χ2v) is 11.0. The molecule has 13 heteroatoms. The number of hydrogen-bond donors (Lipinski definition) is 2. The maximum absolute atomic E-state index is 14.0. The van der Waals surface area contributed by atoms with Gasteiger partial charge in [-0.1, -0.05) is 41.9 Å². The predicted octanol–water partition coefficient (Wildman–Crippen LogP) is 5.51. The van der Waals surface area contributed by atoms with Gasteiger partial charge in [-0.15, -0.1) is 0 Å². The predicted molar refractivity (Wildman–Crippen MR) is 169 cm³/mol. The molecule has 0 bridgehead atoms. The van der Waals surface area contributed by atoms with Crippen LogP contribution in [0.5, 0.6) is 5.75 Å². The summed E-state index contributed by atoms with van der Waals surface area (Å²) in [5.41, 5.74) is 9.34. The molecule has 3 heterocycles. The van der Waals surface area contributed by atoms with Gasteiger partial charge in [0.1, 0.15) is 29.3 Å². The van der Waals surface area contributed by atoms with Gasteiger partial charge in [0, 0.05) is 11.3 Å². The average Bonchev–Trinajstić information content (AvgIpc) is 3.42. The summed E-state index contributed by atoms with van der Waals surface area (Å²) in [6.07, 6.45) is 1.37. The van der Waals surface area contributed by atoms with Gasteiger partial charge in [0.25, 0.3) is 5.56 Å². The van der Waals surface area contributed by atoms with Crippen molar-refractivity contribution in [3.63, 3.8) is 0 Å². The highest BCUT2D eigenvalue weighted by Gasteiger charge is 2.25. The number of nitrogens with zero attached hydrogens (tertiary/aromatic N) is 6. The quantitative estimate of drug-likeness (QED) is 0.224. The fourth-order valence-corrected chi connectivity index (χ4v) is 5.80. The zero-order chi connectivity index (χ0) is 30.2. The Morgan fingerprint density at radius 2 is 1.79 bits per heavy atom. The Hall–Kier alpha value is -4.78. The van der Waals surface area contributed by atoms with E-state index in [0.717, 1.165) is 0 Å². The van der Waals surface area contributed by atoms with Gasteiger partial charge in [0.05, 0.1) is 41.8 Å². The minimum absolute atomic E-state index is 0.224. The van der Waals surface area contributed by atoms with Crippen molar-refractivity contribution in [3.05, 3.63) is 100 Å². The van der Waals surface area contributed by atoms with Crippen LogP contribution in [0.25, 0.3) is 38.8 Å². The number of benzene rings is 3. The van der Waals surface area contributed by atoms with Crippen molar-refractivity contribution in [2.45, 2.75) is 13.0 Å². The summed E-state index contributed by atoms with van der Waals surface area (Å²) in [5, 5.41) is 6.97. The van der Waals surface area contributed by atoms with Crippen LogP contribution >= 0.6 is 11.6 Å². The fraction of sp³-hybridized carbons (Fsp3) is 0.133. The van der Waals surface area contributed by atoms with Crippen LogP contribution in [0.2, 0.25) is 5.02 Å². The molecule has 0 spiro atoms. The molecule has 2 N–H and O–H groups in total. The van der Waals surface area contributed by atoms with E-state index < -0.39 is 16.9 Å². The topological polar surface area (TPSA) is 140 Å². The lowest BCUT2D eigenvalue weighted by atomic mass is 10.1. The number of halogens is 1. The number of rotatable bonds is 7. The molecule has 6 aromatic rings. The third-order valence-electron chi connectivity index (χ3n) is 7.15. The molecular formula is C30H26ClN7O4S.